The van der Waals surface area contributed by atoms with E-state index in [0.29, 0.717) is 6.54 Å². The van der Waals surface area contributed by atoms with Crippen molar-refractivity contribution in [2.45, 2.75) is 6.54 Å². The van der Waals surface area contributed by atoms with Crippen molar-refractivity contribution in [2.24, 2.45) is 0 Å². The molecule has 0 bridgehead atoms. The number of halogens is 1. The van der Waals surface area contributed by atoms with Crippen LogP contribution in [0.5, 0.6) is 0 Å². The second kappa shape index (κ2) is 9.57. The van der Waals surface area contributed by atoms with Gasteiger partial charge in [0.1, 0.15) is 5.82 Å². The molecule has 0 N–H and O–H groups in total. The van der Waals surface area contributed by atoms with Crippen LogP contribution in [0.15, 0.2) is 48.7 Å². The van der Waals surface area contributed by atoms with Crippen LogP contribution in [0.1, 0.15) is 5.56 Å². The molecule has 0 spiro atoms. The fourth-order valence-electron chi connectivity index (χ4n) is 4.02. The highest BCUT2D eigenvalue weighted by atomic mass is 35.5. The normalized spacial score (nSPS) is 18.8. The number of pyridine rings is 1. The number of anilines is 1. The molecule has 7 heteroatoms. The third-order valence-electron chi connectivity index (χ3n) is 5.72. The van der Waals surface area contributed by atoms with Crippen LogP contribution in [0, 0.1) is 0 Å². The van der Waals surface area contributed by atoms with Crippen molar-refractivity contribution in [3.05, 3.63) is 59.2 Å². The fourth-order valence-corrected chi connectivity index (χ4v) is 4.23. The molecule has 0 saturated carbocycles. The largest absolute Gasteiger partial charge is 0.354 e. The van der Waals surface area contributed by atoms with Gasteiger partial charge in [0.2, 0.25) is 5.91 Å². The smallest absolute Gasteiger partial charge is 0.236 e. The van der Waals surface area contributed by atoms with E-state index in [1.54, 1.807) is 0 Å². The Kier molecular flexibility index (Phi) is 6.64. The molecule has 0 radical (unpaired) electrons. The minimum absolute atomic E-state index is 0.249. The summed E-state index contributed by atoms with van der Waals surface area (Å²) in [6, 6.07) is 14.0. The molecule has 1 aromatic heterocycles. The van der Waals surface area contributed by atoms with E-state index >= 15 is 0 Å². The van der Waals surface area contributed by atoms with Crippen molar-refractivity contribution in [1.82, 2.24) is 19.7 Å². The number of carbonyl (C=O) groups is 1. The van der Waals surface area contributed by atoms with E-state index in [1.807, 2.05) is 47.5 Å². The zero-order chi connectivity index (χ0) is 20.1. The van der Waals surface area contributed by atoms with Gasteiger partial charge in [-0.25, -0.2) is 4.98 Å². The topological polar surface area (TPSA) is 42.9 Å². The number of amides is 1. The van der Waals surface area contributed by atoms with Crippen LogP contribution < -0.4 is 4.90 Å². The Hall–Kier alpha value is -2.15. The number of piperazine rings is 2. The van der Waals surface area contributed by atoms with E-state index in [0.717, 1.165) is 69.7 Å². The molecule has 2 aliphatic rings. The van der Waals surface area contributed by atoms with Gasteiger partial charge in [-0.05, 0) is 29.8 Å². The Morgan fingerprint density at radius 2 is 1.66 bits per heavy atom. The number of aromatic nitrogens is 1. The highest BCUT2D eigenvalue weighted by molar-refractivity contribution is 6.30. The lowest BCUT2D eigenvalue weighted by atomic mass is 10.2. The molecule has 2 aliphatic heterocycles. The van der Waals surface area contributed by atoms with Crippen molar-refractivity contribution >= 4 is 23.3 Å². The van der Waals surface area contributed by atoms with Gasteiger partial charge >= 0.3 is 0 Å². The van der Waals surface area contributed by atoms with E-state index in [-0.39, 0.29) is 5.91 Å². The summed E-state index contributed by atoms with van der Waals surface area (Å²) in [4.78, 5) is 26.1. The summed E-state index contributed by atoms with van der Waals surface area (Å²) in [6.07, 6.45) is 1.83. The van der Waals surface area contributed by atoms with Crippen LogP contribution in [-0.2, 0) is 11.3 Å². The molecule has 1 amide bonds. The number of hydrogen-bond acceptors (Lipinski definition) is 5. The first-order valence-electron chi connectivity index (χ1n) is 10.3. The Morgan fingerprint density at radius 1 is 0.897 bits per heavy atom. The van der Waals surface area contributed by atoms with Crippen molar-refractivity contribution < 1.29 is 4.79 Å². The molecule has 3 heterocycles. The Labute approximate surface area is 177 Å². The van der Waals surface area contributed by atoms with Gasteiger partial charge in [-0.1, -0.05) is 29.8 Å². The van der Waals surface area contributed by atoms with E-state index in [2.05, 4.69) is 25.8 Å². The van der Waals surface area contributed by atoms with E-state index < -0.39 is 0 Å². The highest BCUT2D eigenvalue weighted by Crippen LogP contribution is 2.15. The lowest BCUT2D eigenvalue weighted by molar-refractivity contribution is -0.134. The van der Waals surface area contributed by atoms with E-state index in [4.69, 9.17) is 11.6 Å². The van der Waals surface area contributed by atoms with Crippen LogP contribution >= 0.6 is 11.6 Å². The average molecular weight is 414 g/mol. The Balaban J connectivity index is 1.19. The van der Waals surface area contributed by atoms with Crippen LogP contribution in [0.4, 0.5) is 5.82 Å². The first-order valence-corrected chi connectivity index (χ1v) is 10.7. The SMILES string of the molecule is O=C(CN1CCN(c2ccccn2)CC1)N1CCN(Cc2cccc(Cl)c2)CC1. The Bertz CT molecular complexity index is 802. The zero-order valence-corrected chi connectivity index (χ0v) is 17.5. The van der Waals surface area contributed by atoms with Gasteiger partial charge in [0.25, 0.3) is 0 Å². The number of rotatable bonds is 5. The Morgan fingerprint density at radius 3 is 2.34 bits per heavy atom. The molecule has 154 valence electrons. The van der Waals surface area contributed by atoms with Crippen molar-refractivity contribution in [2.75, 3.05) is 63.8 Å². The van der Waals surface area contributed by atoms with Crippen molar-refractivity contribution in [3.63, 3.8) is 0 Å². The number of carbonyl (C=O) groups excluding carboxylic acids is 1. The third kappa shape index (κ3) is 5.47. The average Bonchev–Trinajstić information content (AvgIpc) is 2.75. The summed E-state index contributed by atoms with van der Waals surface area (Å²) in [5.41, 5.74) is 1.23. The van der Waals surface area contributed by atoms with Gasteiger partial charge in [0, 0.05) is 70.1 Å². The molecule has 6 nitrogen and oxygen atoms in total. The summed E-state index contributed by atoms with van der Waals surface area (Å²) in [5.74, 6) is 1.27. The first-order chi connectivity index (χ1) is 14.2. The molecule has 2 saturated heterocycles. The molecule has 0 unspecified atom stereocenters. The van der Waals surface area contributed by atoms with Gasteiger partial charge in [0.05, 0.1) is 6.54 Å². The maximum absolute atomic E-state index is 12.7. The maximum Gasteiger partial charge on any atom is 0.236 e. The number of hydrogen-bond donors (Lipinski definition) is 0. The monoisotopic (exact) mass is 413 g/mol. The molecule has 1 aromatic carbocycles. The van der Waals surface area contributed by atoms with Gasteiger partial charge in [0.15, 0.2) is 0 Å². The second-order valence-corrected chi connectivity index (χ2v) is 8.17. The fraction of sp³-hybridized carbons (Fsp3) is 0.455. The predicted octanol–water partition coefficient (Wildman–Crippen LogP) is 2.20. The first kappa shape index (κ1) is 20.1. The van der Waals surface area contributed by atoms with E-state index in [9.17, 15) is 4.79 Å². The maximum atomic E-state index is 12.7. The molecular weight excluding hydrogens is 386 g/mol. The predicted molar refractivity (Wildman–Crippen MR) is 116 cm³/mol. The summed E-state index contributed by atoms with van der Waals surface area (Å²) >= 11 is 6.08. The number of nitrogens with zero attached hydrogens (tertiary/aromatic N) is 5. The molecule has 2 aromatic rings. The summed E-state index contributed by atoms with van der Waals surface area (Å²) in [6.45, 7) is 8.45. The van der Waals surface area contributed by atoms with Crippen LogP contribution in [0.2, 0.25) is 5.02 Å². The summed E-state index contributed by atoms with van der Waals surface area (Å²) in [5, 5.41) is 0.777. The zero-order valence-electron chi connectivity index (χ0n) is 16.7. The van der Waals surface area contributed by atoms with E-state index in [1.165, 1.54) is 5.56 Å². The highest BCUT2D eigenvalue weighted by Gasteiger charge is 2.25. The minimum Gasteiger partial charge on any atom is -0.354 e. The molecule has 29 heavy (non-hydrogen) atoms. The minimum atomic E-state index is 0.249. The molecular formula is C22H28ClN5O. The number of benzene rings is 1. The molecule has 0 aliphatic carbocycles. The standard InChI is InChI=1S/C22H28ClN5O/c23-20-5-3-4-19(16-20)17-25-10-14-28(15-11-25)22(29)18-26-8-12-27(13-9-26)21-6-1-2-7-24-21/h1-7,16H,8-15,17-18H2. The molecule has 0 atom stereocenters. The van der Waals surface area contributed by atoms with Crippen LogP contribution in [0.25, 0.3) is 0 Å². The van der Waals surface area contributed by atoms with Gasteiger partial charge in [-0.15, -0.1) is 0 Å². The molecule has 2 fully saturated rings. The lowest BCUT2D eigenvalue weighted by Gasteiger charge is -2.38. The van der Waals surface area contributed by atoms with Crippen LogP contribution in [-0.4, -0.2) is 84.5 Å². The second-order valence-electron chi connectivity index (χ2n) is 7.74. The molecule has 4 rings (SSSR count). The third-order valence-corrected chi connectivity index (χ3v) is 5.96. The van der Waals surface area contributed by atoms with Gasteiger partial charge in [-0.2, -0.15) is 0 Å². The summed E-state index contributed by atoms with van der Waals surface area (Å²) in [7, 11) is 0. The van der Waals surface area contributed by atoms with Crippen molar-refractivity contribution in [3.8, 4) is 0 Å². The lowest BCUT2D eigenvalue weighted by Crippen LogP contribution is -2.53. The van der Waals surface area contributed by atoms with Crippen molar-refractivity contribution in [1.29, 1.82) is 0 Å². The summed E-state index contributed by atoms with van der Waals surface area (Å²) < 4.78 is 0. The van der Waals surface area contributed by atoms with Crippen LogP contribution in [0.3, 0.4) is 0 Å². The van der Waals surface area contributed by atoms with Gasteiger partial charge in [-0.3, -0.25) is 14.6 Å². The quantitative estimate of drug-likeness (QED) is 0.751. The van der Waals surface area contributed by atoms with Gasteiger partial charge < -0.3 is 9.80 Å².